The Morgan fingerprint density at radius 1 is 0.472 bits per heavy atom. The lowest BCUT2D eigenvalue weighted by atomic mass is 9.99. The Bertz CT molecular complexity index is 1230. The molecule has 6 N–H and O–H groups in total. The highest BCUT2D eigenvalue weighted by molar-refractivity contribution is 5.76. The number of allylic oxidation sites excluding steroid dienone is 5. The Morgan fingerprint density at radius 2 is 0.819 bits per heavy atom. The van der Waals surface area contributed by atoms with Crippen molar-refractivity contribution in [1.82, 2.24) is 5.32 Å². The van der Waals surface area contributed by atoms with Gasteiger partial charge in [0.25, 0.3) is 0 Å². The summed E-state index contributed by atoms with van der Waals surface area (Å²) in [5.41, 5.74) is 0. The van der Waals surface area contributed by atoms with Crippen LogP contribution in [0.25, 0.3) is 0 Å². The fraction of sp³-hybridized carbons (Fsp3) is 0.889. The van der Waals surface area contributed by atoms with Crippen molar-refractivity contribution in [3.8, 4) is 0 Å². The van der Waals surface area contributed by atoms with Crippen LogP contribution in [0.15, 0.2) is 36.5 Å². The maximum Gasteiger partial charge on any atom is 0.220 e. The zero-order valence-corrected chi connectivity index (χ0v) is 47.2. The minimum Gasteiger partial charge on any atom is -0.394 e. The lowest BCUT2D eigenvalue weighted by molar-refractivity contribution is -0.302. The minimum atomic E-state index is -1.57. The highest BCUT2D eigenvalue weighted by Gasteiger charge is 2.44. The SMILES string of the molecule is CCCCCCC/C=C\C/C=C\CCCCCCCCCCCCCCCCCC(=O)NC(COC1OC(CO)C(O)C(O)C1O)C(O)/C=C/CCCCCCCCCCCCCCCCCCCCCC. The van der Waals surface area contributed by atoms with E-state index >= 15 is 0 Å². The average molecular weight is 1020 g/mol. The number of hydrogen-bond acceptors (Lipinski definition) is 8. The quantitative estimate of drug-likeness (QED) is 0.0261. The van der Waals surface area contributed by atoms with Crippen molar-refractivity contribution in [1.29, 1.82) is 0 Å². The van der Waals surface area contributed by atoms with Gasteiger partial charge in [-0.05, 0) is 51.4 Å². The molecule has 1 rings (SSSR count). The van der Waals surface area contributed by atoms with Gasteiger partial charge in [-0.1, -0.05) is 281 Å². The largest absolute Gasteiger partial charge is 0.394 e. The molecule has 0 aromatic rings. The monoisotopic (exact) mass is 1020 g/mol. The molecule has 1 saturated heterocycles. The molecule has 0 aromatic heterocycles. The fourth-order valence-corrected chi connectivity index (χ4v) is 10.0. The summed E-state index contributed by atoms with van der Waals surface area (Å²) in [7, 11) is 0. The summed E-state index contributed by atoms with van der Waals surface area (Å²) >= 11 is 0. The van der Waals surface area contributed by atoms with Gasteiger partial charge in [0.1, 0.15) is 24.4 Å². The van der Waals surface area contributed by atoms with E-state index in [0.717, 1.165) is 44.9 Å². The van der Waals surface area contributed by atoms with Crippen LogP contribution in [0.4, 0.5) is 0 Å². The molecule has 0 radical (unpaired) electrons. The summed E-state index contributed by atoms with van der Waals surface area (Å²) in [6.45, 7) is 3.81. The molecule has 1 aliphatic heterocycles. The maximum atomic E-state index is 13.1. The van der Waals surface area contributed by atoms with Crippen molar-refractivity contribution in [3.05, 3.63) is 36.5 Å². The Hall–Kier alpha value is -1.59. The summed E-state index contributed by atoms with van der Waals surface area (Å²) in [6.07, 6.45) is 62.2. The van der Waals surface area contributed by atoms with E-state index in [1.807, 2.05) is 6.08 Å². The predicted molar refractivity (Wildman–Crippen MR) is 304 cm³/mol. The second-order valence-corrected chi connectivity index (χ2v) is 21.9. The van der Waals surface area contributed by atoms with Crippen molar-refractivity contribution in [2.45, 2.75) is 346 Å². The number of carbonyl (C=O) groups is 1. The number of hydrogen-bond donors (Lipinski definition) is 6. The molecule has 1 amide bonds. The van der Waals surface area contributed by atoms with E-state index in [0.29, 0.717) is 6.42 Å². The summed E-state index contributed by atoms with van der Waals surface area (Å²) in [5, 5.41) is 54.6. The van der Waals surface area contributed by atoms with Crippen molar-refractivity contribution in [3.63, 3.8) is 0 Å². The Morgan fingerprint density at radius 3 is 1.19 bits per heavy atom. The molecule has 9 heteroatoms. The molecule has 0 aliphatic carbocycles. The number of unbranched alkanes of at least 4 members (excludes halogenated alkanes) is 40. The number of aliphatic hydroxyl groups excluding tert-OH is 5. The molecule has 424 valence electrons. The smallest absolute Gasteiger partial charge is 0.220 e. The van der Waals surface area contributed by atoms with Crippen LogP contribution in [0, 0.1) is 0 Å². The van der Waals surface area contributed by atoms with Crippen LogP contribution in [0.5, 0.6) is 0 Å². The number of carbonyl (C=O) groups excluding carboxylic acids is 1. The average Bonchev–Trinajstić information content (AvgIpc) is 3.38. The first-order chi connectivity index (χ1) is 35.3. The van der Waals surface area contributed by atoms with E-state index in [4.69, 9.17) is 9.47 Å². The number of nitrogens with one attached hydrogen (secondary N) is 1. The molecule has 7 atom stereocenters. The Kier molecular flexibility index (Phi) is 50.2. The van der Waals surface area contributed by atoms with Crippen LogP contribution in [0.3, 0.4) is 0 Å². The van der Waals surface area contributed by atoms with Crippen LogP contribution in [0.1, 0.15) is 303 Å². The standard InChI is InChI=1S/C63H119NO8/c1-3-5-7-9-11-13-15-17-19-21-23-25-27-28-29-30-31-33-35-37-39-41-43-45-47-49-51-53-59(67)64-56(55-71-63-62(70)61(69)60(68)58(54-65)72-63)57(66)52-50-48-46-44-42-40-38-36-34-32-26-24-22-20-18-16-14-12-10-8-6-4-2/h15,17,21,23,50,52,56-58,60-63,65-66,68-70H,3-14,16,18-20,22,24-49,51,53-55H2,1-2H3,(H,64,67)/b17-15-,23-21-,52-50+. The second-order valence-electron chi connectivity index (χ2n) is 21.9. The van der Waals surface area contributed by atoms with Crippen LogP contribution >= 0.6 is 0 Å². The lowest BCUT2D eigenvalue weighted by Gasteiger charge is -2.40. The molecular weight excluding hydrogens is 899 g/mol. The Labute approximate surface area is 444 Å². The van der Waals surface area contributed by atoms with E-state index < -0.39 is 49.5 Å². The number of amides is 1. The van der Waals surface area contributed by atoms with Crippen LogP contribution in [-0.4, -0.2) is 87.5 Å². The molecule has 1 heterocycles. The van der Waals surface area contributed by atoms with E-state index in [1.54, 1.807) is 6.08 Å². The first-order valence-corrected chi connectivity index (χ1v) is 31.2. The van der Waals surface area contributed by atoms with Crippen LogP contribution < -0.4 is 5.32 Å². The first-order valence-electron chi connectivity index (χ1n) is 31.2. The molecule has 0 spiro atoms. The molecule has 1 fully saturated rings. The normalized spacial score (nSPS) is 19.3. The van der Waals surface area contributed by atoms with E-state index in [2.05, 4.69) is 43.5 Å². The van der Waals surface area contributed by atoms with E-state index in [9.17, 15) is 30.3 Å². The van der Waals surface area contributed by atoms with Gasteiger partial charge in [0.15, 0.2) is 6.29 Å². The summed E-state index contributed by atoms with van der Waals surface area (Å²) in [6, 6.07) is -0.805. The van der Waals surface area contributed by atoms with Gasteiger partial charge in [-0.2, -0.15) is 0 Å². The molecule has 72 heavy (non-hydrogen) atoms. The van der Waals surface area contributed by atoms with Gasteiger partial charge in [-0.25, -0.2) is 0 Å². The van der Waals surface area contributed by atoms with Crippen molar-refractivity contribution >= 4 is 5.91 Å². The van der Waals surface area contributed by atoms with Crippen LogP contribution in [-0.2, 0) is 14.3 Å². The number of rotatable bonds is 54. The highest BCUT2D eigenvalue weighted by atomic mass is 16.7. The number of ether oxygens (including phenoxy) is 2. The summed E-state index contributed by atoms with van der Waals surface area (Å²) < 4.78 is 11.3. The fourth-order valence-electron chi connectivity index (χ4n) is 10.0. The van der Waals surface area contributed by atoms with Gasteiger partial charge in [0.2, 0.25) is 5.91 Å². The van der Waals surface area contributed by atoms with E-state index in [1.165, 1.54) is 238 Å². The lowest BCUT2D eigenvalue weighted by Crippen LogP contribution is -2.60. The molecule has 9 nitrogen and oxygen atoms in total. The zero-order valence-electron chi connectivity index (χ0n) is 47.2. The molecule has 0 bridgehead atoms. The summed E-state index contributed by atoms with van der Waals surface area (Å²) in [4.78, 5) is 13.1. The number of aliphatic hydroxyl groups is 5. The molecule has 7 unspecified atom stereocenters. The predicted octanol–water partition coefficient (Wildman–Crippen LogP) is 15.9. The highest BCUT2D eigenvalue weighted by Crippen LogP contribution is 2.23. The zero-order chi connectivity index (χ0) is 52.2. The van der Waals surface area contributed by atoms with E-state index in [-0.39, 0.29) is 12.5 Å². The topological polar surface area (TPSA) is 149 Å². The molecular formula is C63H119NO8. The van der Waals surface area contributed by atoms with Gasteiger partial charge in [0.05, 0.1) is 25.4 Å². The van der Waals surface area contributed by atoms with Crippen LogP contribution in [0.2, 0.25) is 0 Å². The minimum absolute atomic E-state index is 0.173. The third-order valence-electron chi connectivity index (χ3n) is 15.0. The van der Waals surface area contributed by atoms with Crippen molar-refractivity contribution < 1.29 is 39.8 Å². The van der Waals surface area contributed by atoms with Gasteiger partial charge in [0, 0.05) is 6.42 Å². The molecule has 0 aromatic carbocycles. The van der Waals surface area contributed by atoms with Gasteiger partial charge < -0.3 is 40.3 Å². The third kappa shape index (κ3) is 41.6. The van der Waals surface area contributed by atoms with Gasteiger partial charge in [-0.15, -0.1) is 0 Å². The van der Waals surface area contributed by atoms with Gasteiger partial charge >= 0.3 is 0 Å². The molecule has 0 saturated carbocycles. The van der Waals surface area contributed by atoms with Crippen molar-refractivity contribution in [2.24, 2.45) is 0 Å². The maximum absolute atomic E-state index is 13.1. The van der Waals surface area contributed by atoms with Gasteiger partial charge in [-0.3, -0.25) is 4.79 Å². The first kappa shape index (κ1) is 68.4. The molecule has 1 aliphatic rings. The Balaban J connectivity index is 2.18. The van der Waals surface area contributed by atoms with Crippen molar-refractivity contribution in [2.75, 3.05) is 13.2 Å². The summed E-state index contributed by atoms with van der Waals surface area (Å²) in [5.74, 6) is -0.173. The third-order valence-corrected chi connectivity index (χ3v) is 15.0. The second kappa shape index (κ2) is 52.8.